The van der Waals surface area contributed by atoms with E-state index in [-0.39, 0.29) is 0 Å². The SMILES string of the molecule is Fc1ccc(CC2CNc3ccccc3C2)cc1F. The highest BCUT2D eigenvalue weighted by atomic mass is 19.2. The molecule has 98 valence electrons. The molecule has 3 heteroatoms. The van der Waals surface area contributed by atoms with Crippen LogP contribution in [0.4, 0.5) is 14.5 Å². The van der Waals surface area contributed by atoms with Crippen molar-refractivity contribution < 1.29 is 8.78 Å². The first-order valence-electron chi connectivity index (χ1n) is 6.48. The van der Waals surface area contributed by atoms with E-state index >= 15 is 0 Å². The highest BCUT2D eigenvalue weighted by Gasteiger charge is 2.18. The van der Waals surface area contributed by atoms with Gasteiger partial charge in [-0.1, -0.05) is 24.3 Å². The van der Waals surface area contributed by atoms with Crippen molar-refractivity contribution in [2.75, 3.05) is 11.9 Å². The van der Waals surface area contributed by atoms with Crippen molar-refractivity contribution >= 4 is 5.69 Å². The fourth-order valence-electron chi connectivity index (χ4n) is 2.65. The van der Waals surface area contributed by atoms with Gasteiger partial charge in [-0.05, 0) is 48.1 Å². The van der Waals surface area contributed by atoms with E-state index in [1.165, 1.54) is 23.4 Å². The molecule has 1 aliphatic heterocycles. The molecular formula is C16H15F2N. The van der Waals surface area contributed by atoms with Crippen LogP contribution in [0.25, 0.3) is 0 Å². The van der Waals surface area contributed by atoms with Crippen LogP contribution < -0.4 is 5.32 Å². The van der Waals surface area contributed by atoms with Gasteiger partial charge in [-0.2, -0.15) is 0 Å². The summed E-state index contributed by atoms with van der Waals surface area (Å²) < 4.78 is 26.1. The lowest BCUT2D eigenvalue weighted by Crippen LogP contribution is -2.24. The maximum Gasteiger partial charge on any atom is 0.159 e. The van der Waals surface area contributed by atoms with Crippen molar-refractivity contribution in [2.24, 2.45) is 5.92 Å². The van der Waals surface area contributed by atoms with Crippen LogP contribution in [0.15, 0.2) is 42.5 Å². The Balaban J connectivity index is 1.73. The van der Waals surface area contributed by atoms with Gasteiger partial charge in [-0.25, -0.2) is 8.78 Å². The predicted molar refractivity (Wildman–Crippen MR) is 72.2 cm³/mol. The van der Waals surface area contributed by atoms with Gasteiger partial charge < -0.3 is 5.32 Å². The molecule has 19 heavy (non-hydrogen) atoms. The van der Waals surface area contributed by atoms with Gasteiger partial charge in [-0.3, -0.25) is 0 Å². The van der Waals surface area contributed by atoms with Gasteiger partial charge in [-0.15, -0.1) is 0 Å². The Morgan fingerprint density at radius 3 is 2.74 bits per heavy atom. The minimum Gasteiger partial charge on any atom is -0.385 e. The predicted octanol–water partition coefficient (Wildman–Crippen LogP) is 3.79. The number of fused-ring (bicyclic) bond motifs is 1. The topological polar surface area (TPSA) is 12.0 Å². The van der Waals surface area contributed by atoms with E-state index < -0.39 is 11.6 Å². The molecule has 2 aromatic rings. The summed E-state index contributed by atoms with van der Waals surface area (Å²) in [5.41, 5.74) is 3.33. The molecule has 1 atom stereocenters. The van der Waals surface area contributed by atoms with Crippen molar-refractivity contribution in [3.8, 4) is 0 Å². The summed E-state index contributed by atoms with van der Waals surface area (Å²) in [4.78, 5) is 0. The minimum atomic E-state index is -0.782. The van der Waals surface area contributed by atoms with Crippen LogP contribution in [-0.2, 0) is 12.8 Å². The van der Waals surface area contributed by atoms with Crippen molar-refractivity contribution in [3.05, 3.63) is 65.2 Å². The van der Waals surface area contributed by atoms with Gasteiger partial charge in [0.1, 0.15) is 0 Å². The average molecular weight is 259 g/mol. The normalized spacial score (nSPS) is 17.7. The largest absolute Gasteiger partial charge is 0.385 e. The van der Waals surface area contributed by atoms with Crippen LogP contribution >= 0.6 is 0 Å². The van der Waals surface area contributed by atoms with Crippen LogP contribution in [0.5, 0.6) is 0 Å². The number of hydrogen-bond acceptors (Lipinski definition) is 1. The van der Waals surface area contributed by atoms with E-state index in [1.807, 2.05) is 12.1 Å². The highest BCUT2D eigenvalue weighted by Crippen LogP contribution is 2.26. The molecule has 0 aromatic heterocycles. The molecule has 1 aliphatic rings. The zero-order valence-corrected chi connectivity index (χ0v) is 10.5. The first-order valence-corrected chi connectivity index (χ1v) is 6.48. The van der Waals surface area contributed by atoms with Crippen LogP contribution in [0.1, 0.15) is 11.1 Å². The Morgan fingerprint density at radius 2 is 1.89 bits per heavy atom. The monoisotopic (exact) mass is 259 g/mol. The number of anilines is 1. The summed E-state index contributed by atoms with van der Waals surface area (Å²) in [5.74, 6) is -1.13. The lowest BCUT2D eigenvalue weighted by Gasteiger charge is -2.26. The highest BCUT2D eigenvalue weighted by molar-refractivity contribution is 5.53. The summed E-state index contributed by atoms with van der Waals surface area (Å²) in [6.07, 6.45) is 1.74. The van der Waals surface area contributed by atoms with Gasteiger partial charge in [0, 0.05) is 12.2 Å². The van der Waals surface area contributed by atoms with E-state index in [0.717, 1.165) is 24.9 Å². The molecule has 0 fully saturated rings. The zero-order valence-electron chi connectivity index (χ0n) is 10.5. The minimum absolute atomic E-state index is 0.416. The van der Waals surface area contributed by atoms with Gasteiger partial charge >= 0.3 is 0 Å². The molecule has 1 unspecified atom stereocenters. The van der Waals surface area contributed by atoms with E-state index in [4.69, 9.17) is 0 Å². The second-order valence-corrected chi connectivity index (χ2v) is 5.06. The molecule has 2 aromatic carbocycles. The lowest BCUT2D eigenvalue weighted by molar-refractivity contribution is 0.499. The standard InChI is InChI=1S/C16H15F2N/c17-14-6-5-11(9-15(14)18)7-12-8-13-3-1-2-4-16(13)19-10-12/h1-6,9,12,19H,7-8,10H2. The van der Waals surface area contributed by atoms with Gasteiger partial charge in [0.2, 0.25) is 0 Å². The molecule has 3 rings (SSSR count). The van der Waals surface area contributed by atoms with Crippen molar-refractivity contribution in [2.45, 2.75) is 12.8 Å². The maximum atomic E-state index is 13.2. The van der Waals surface area contributed by atoms with Crippen molar-refractivity contribution in [3.63, 3.8) is 0 Å². The first kappa shape index (κ1) is 12.2. The second kappa shape index (κ2) is 5.00. The number of halogens is 2. The summed E-state index contributed by atoms with van der Waals surface area (Å²) in [6.45, 7) is 0.871. The van der Waals surface area contributed by atoms with Crippen molar-refractivity contribution in [1.82, 2.24) is 0 Å². The number of nitrogens with one attached hydrogen (secondary N) is 1. The molecule has 0 amide bonds. The third-order valence-electron chi connectivity index (χ3n) is 3.62. The van der Waals surface area contributed by atoms with E-state index in [1.54, 1.807) is 6.07 Å². The third kappa shape index (κ3) is 2.60. The Morgan fingerprint density at radius 1 is 1.05 bits per heavy atom. The summed E-state index contributed by atoms with van der Waals surface area (Å²) in [7, 11) is 0. The molecule has 0 bridgehead atoms. The molecule has 1 heterocycles. The molecule has 0 radical (unpaired) electrons. The fraction of sp³-hybridized carbons (Fsp3) is 0.250. The first-order chi connectivity index (χ1) is 9.22. The van der Waals surface area contributed by atoms with E-state index in [9.17, 15) is 8.78 Å². The van der Waals surface area contributed by atoms with Gasteiger partial charge in [0.15, 0.2) is 11.6 Å². The summed E-state index contributed by atoms with van der Waals surface area (Å²) in [5, 5.41) is 3.39. The molecule has 0 saturated heterocycles. The van der Waals surface area contributed by atoms with Crippen LogP contribution in [0.3, 0.4) is 0 Å². The van der Waals surface area contributed by atoms with Gasteiger partial charge in [0.25, 0.3) is 0 Å². The Hall–Kier alpha value is -1.90. The molecule has 0 saturated carbocycles. The Kier molecular flexibility index (Phi) is 3.20. The molecule has 1 nitrogen and oxygen atoms in total. The molecule has 1 N–H and O–H groups in total. The van der Waals surface area contributed by atoms with Gasteiger partial charge in [0.05, 0.1) is 0 Å². The Bertz CT molecular complexity index is 595. The van der Waals surface area contributed by atoms with E-state index in [2.05, 4.69) is 17.4 Å². The summed E-state index contributed by atoms with van der Waals surface area (Å²) in [6, 6.07) is 12.4. The van der Waals surface area contributed by atoms with Crippen LogP contribution in [-0.4, -0.2) is 6.54 Å². The smallest absolute Gasteiger partial charge is 0.159 e. The number of hydrogen-bond donors (Lipinski definition) is 1. The lowest BCUT2D eigenvalue weighted by atomic mass is 9.89. The van der Waals surface area contributed by atoms with E-state index in [0.29, 0.717) is 5.92 Å². The van der Waals surface area contributed by atoms with Crippen LogP contribution in [0.2, 0.25) is 0 Å². The second-order valence-electron chi connectivity index (χ2n) is 5.06. The molecular weight excluding hydrogens is 244 g/mol. The molecule has 0 aliphatic carbocycles. The molecule has 0 spiro atoms. The summed E-state index contributed by atoms with van der Waals surface area (Å²) >= 11 is 0. The number of benzene rings is 2. The quantitative estimate of drug-likeness (QED) is 0.865. The maximum absolute atomic E-state index is 13.2. The zero-order chi connectivity index (χ0) is 13.2. The van der Waals surface area contributed by atoms with Crippen LogP contribution in [0, 0.1) is 17.6 Å². The average Bonchev–Trinajstić information content (AvgIpc) is 2.43. The fourth-order valence-corrected chi connectivity index (χ4v) is 2.65. The number of para-hydroxylation sites is 1. The third-order valence-corrected chi connectivity index (χ3v) is 3.62. The number of rotatable bonds is 2. The Labute approximate surface area is 111 Å². The van der Waals surface area contributed by atoms with Crippen molar-refractivity contribution in [1.29, 1.82) is 0 Å².